The number of ketones is 1. The number of aromatic amines is 1. The second kappa shape index (κ2) is 8.68. The van der Waals surface area contributed by atoms with Gasteiger partial charge in [0.25, 0.3) is 5.91 Å². The third kappa shape index (κ3) is 3.91. The van der Waals surface area contributed by atoms with Gasteiger partial charge in [0.15, 0.2) is 5.78 Å². The number of nitrogens with one attached hydrogen (secondary N) is 1. The van der Waals surface area contributed by atoms with Crippen LogP contribution in [0.2, 0.25) is 5.02 Å². The summed E-state index contributed by atoms with van der Waals surface area (Å²) < 4.78 is 0. The van der Waals surface area contributed by atoms with Crippen molar-refractivity contribution in [2.75, 3.05) is 6.54 Å². The molecule has 4 aromatic rings. The van der Waals surface area contributed by atoms with Gasteiger partial charge in [0, 0.05) is 59.1 Å². The molecule has 0 saturated heterocycles. The number of nitrogens with zero attached hydrogens (tertiary/aromatic N) is 2. The SMILES string of the molecule is O=C(c1ccccc1)c1cccc(C(=O)N2CCc3[nH]nc(-c4cc(Cl)c(O)cc4O)c3C2)c1. The standard InChI is InChI=1S/C26H20ClN3O4/c27-20-12-18(22(31)13-23(20)32)24-19-14-30(10-9-21(19)28-29-24)26(34)17-8-4-7-16(11-17)25(33)15-5-2-1-3-6-15/h1-8,11-13,31-32H,9-10,14H2,(H,28,29). The normalized spacial score (nSPS) is 12.9. The van der Waals surface area contributed by atoms with E-state index >= 15 is 0 Å². The van der Waals surface area contributed by atoms with Gasteiger partial charge in [-0.3, -0.25) is 14.7 Å². The van der Waals surface area contributed by atoms with Crippen molar-refractivity contribution in [2.45, 2.75) is 13.0 Å². The number of halogens is 1. The third-order valence-electron chi connectivity index (χ3n) is 5.95. The minimum absolute atomic E-state index is 0.0909. The van der Waals surface area contributed by atoms with Crippen molar-refractivity contribution in [2.24, 2.45) is 0 Å². The van der Waals surface area contributed by atoms with Gasteiger partial charge in [0.05, 0.1) is 5.02 Å². The van der Waals surface area contributed by atoms with Gasteiger partial charge < -0.3 is 15.1 Å². The van der Waals surface area contributed by atoms with Crippen LogP contribution in [-0.4, -0.2) is 43.5 Å². The molecular weight excluding hydrogens is 454 g/mol. The Kier molecular flexibility index (Phi) is 5.55. The number of rotatable bonds is 4. The van der Waals surface area contributed by atoms with E-state index in [4.69, 9.17) is 11.6 Å². The summed E-state index contributed by atoms with van der Waals surface area (Å²) in [5, 5.41) is 27.5. The van der Waals surface area contributed by atoms with Gasteiger partial charge in [-0.1, -0.05) is 54.1 Å². The smallest absolute Gasteiger partial charge is 0.254 e. The monoisotopic (exact) mass is 473 g/mol. The van der Waals surface area contributed by atoms with Gasteiger partial charge in [-0.05, 0) is 18.2 Å². The minimum Gasteiger partial charge on any atom is -0.507 e. The van der Waals surface area contributed by atoms with Crippen molar-refractivity contribution in [3.05, 3.63) is 99.7 Å². The largest absolute Gasteiger partial charge is 0.507 e. The molecular formula is C26H20ClN3O4. The molecule has 170 valence electrons. The summed E-state index contributed by atoms with van der Waals surface area (Å²) in [6.45, 7) is 0.751. The van der Waals surface area contributed by atoms with Crippen molar-refractivity contribution >= 4 is 23.3 Å². The molecule has 0 saturated carbocycles. The van der Waals surface area contributed by atoms with Crippen molar-refractivity contribution in [3.8, 4) is 22.8 Å². The molecule has 0 bridgehead atoms. The number of phenolic OH excluding ortho intramolecular Hbond substituents is 2. The van der Waals surface area contributed by atoms with E-state index < -0.39 is 0 Å². The summed E-state index contributed by atoms with van der Waals surface area (Å²) in [5.41, 5.74) is 3.91. The Balaban J connectivity index is 1.42. The lowest BCUT2D eigenvalue weighted by atomic mass is 9.98. The van der Waals surface area contributed by atoms with Crippen molar-refractivity contribution in [1.29, 1.82) is 0 Å². The predicted octanol–water partition coefficient (Wildman–Crippen LogP) is 4.57. The fraction of sp³-hybridized carbons (Fsp3) is 0.115. The van der Waals surface area contributed by atoms with E-state index in [9.17, 15) is 19.8 Å². The topological polar surface area (TPSA) is 107 Å². The van der Waals surface area contributed by atoms with E-state index in [2.05, 4.69) is 10.2 Å². The zero-order valence-corrected chi connectivity index (χ0v) is 18.7. The Hall–Kier alpha value is -4.10. The molecule has 0 fully saturated rings. The second-order valence-corrected chi connectivity index (χ2v) is 8.51. The van der Waals surface area contributed by atoms with Crippen molar-refractivity contribution in [1.82, 2.24) is 15.1 Å². The van der Waals surface area contributed by atoms with Crippen LogP contribution in [0.1, 0.15) is 37.5 Å². The minimum atomic E-state index is -0.228. The Bertz CT molecular complexity index is 1420. The van der Waals surface area contributed by atoms with Gasteiger partial charge in [0.2, 0.25) is 0 Å². The maximum absolute atomic E-state index is 13.3. The first-order valence-corrected chi connectivity index (χ1v) is 11.1. The highest BCUT2D eigenvalue weighted by molar-refractivity contribution is 6.32. The number of carbonyl (C=O) groups is 2. The summed E-state index contributed by atoms with van der Waals surface area (Å²) in [4.78, 5) is 27.8. The summed E-state index contributed by atoms with van der Waals surface area (Å²) in [6.07, 6.45) is 0.559. The van der Waals surface area contributed by atoms with E-state index in [1.54, 1.807) is 53.4 Å². The number of phenols is 2. The number of hydrogen-bond donors (Lipinski definition) is 3. The first-order valence-electron chi connectivity index (χ1n) is 10.7. The van der Waals surface area contributed by atoms with Gasteiger partial charge >= 0.3 is 0 Å². The molecule has 34 heavy (non-hydrogen) atoms. The molecule has 1 aliphatic heterocycles. The summed E-state index contributed by atoms with van der Waals surface area (Å²) in [5.74, 6) is -0.734. The second-order valence-electron chi connectivity index (χ2n) is 8.10. The Morgan fingerprint density at radius 1 is 0.912 bits per heavy atom. The molecule has 0 spiro atoms. The molecule has 2 heterocycles. The molecule has 5 rings (SSSR count). The number of amides is 1. The highest BCUT2D eigenvalue weighted by Crippen LogP contribution is 2.39. The van der Waals surface area contributed by atoms with Crippen LogP contribution >= 0.6 is 11.6 Å². The van der Waals surface area contributed by atoms with Crippen LogP contribution in [-0.2, 0) is 13.0 Å². The Morgan fingerprint density at radius 3 is 2.44 bits per heavy atom. The predicted molar refractivity (Wildman–Crippen MR) is 127 cm³/mol. The summed E-state index contributed by atoms with van der Waals surface area (Å²) >= 11 is 6.04. The number of carbonyl (C=O) groups excluding carboxylic acids is 2. The maximum Gasteiger partial charge on any atom is 0.254 e. The van der Waals surface area contributed by atoms with E-state index in [0.717, 1.165) is 11.3 Å². The summed E-state index contributed by atoms with van der Waals surface area (Å²) in [6, 6.07) is 18.3. The highest BCUT2D eigenvalue weighted by atomic mass is 35.5. The van der Waals surface area contributed by atoms with E-state index in [1.165, 1.54) is 12.1 Å². The van der Waals surface area contributed by atoms with Crippen LogP contribution in [0.25, 0.3) is 11.3 Å². The van der Waals surface area contributed by atoms with Crippen molar-refractivity contribution < 1.29 is 19.8 Å². The Labute approximate surface area is 200 Å². The number of fused-ring (bicyclic) bond motifs is 1. The fourth-order valence-corrected chi connectivity index (χ4v) is 4.33. The van der Waals surface area contributed by atoms with Crippen molar-refractivity contribution in [3.63, 3.8) is 0 Å². The first kappa shape index (κ1) is 21.7. The zero-order chi connectivity index (χ0) is 23.8. The number of aromatic nitrogens is 2. The first-order chi connectivity index (χ1) is 16.4. The van der Waals surface area contributed by atoms with Gasteiger partial charge in [-0.2, -0.15) is 5.10 Å². The summed E-state index contributed by atoms with van der Waals surface area (Å²) in [7, 11) is 0. The molecule has 1 aromatic heterocycles. The molecule has 0 unspecified atom stereocenters. The average Bonchev–Trinajstić information content (AvgIpc) is 3.29. The van der Waals surface area contributed by atoms with Gasteiger partial charge in [-0.25, -0.2) is 0 Å². The number of benzene rings is 3. The Morgan fingerprint density at radius 2 is 1.65 bits per heavy atom. The molecule has 0 atom stereocenters. The molecule has 1 amide bonds. The van der Waals surface area contributed by atoms with Crippen LogP contribution < -0.4 is 0 Å². The number of hydrogen-bond acceptors (Lipinski definition) is 5. The fourth-order valence-electron chi connectivity index (χ4n) is 4.16. The van der Waals surface area contributed by atoms with Gasteiger partial charge in [-0.15, -0.1) is 0 Å². The van der Waals surface area contributed by atoms with Crippen LogP contribution in [0.15, 0.2) is 66.7 Å². The van der Waals surface area contributed by atoms with Crippen LogP contribution in [0, 0.1) is 0 Å². The zero-order valence-electron chi connectivity index (χ0n) is 18.0. The van der Waals surface area contributed by atoms with E-state index in [0.29, 0.717) is 40.9 Å². The molecule has 3 aromatic carbocycles. The lowest BCUT2D eigenvalue weighted by Crippen LogP contribution is -2.36. The average molecular weight is 474 g/mol. The highest BCUT2D eigenvalue weighted by Gasteiger charge is 2.28. The van der Waals surface area contributed by atoms with Crippen LogP contribution in [0.5, 0.6) is 11.5 Å². The molecule has 1 aliphatic rings. The number of aromatic hydroxyl groups is 2. The molecule has 7 nitrogen and oxygen atoms in total. The molecule has 3 N–H and O–H groups in total. The van der Waals surface area contributed by atoms with Crippen LogP contribution in [0.4, 0.5) is 0 Å². The quantitative estimate of drug-likeness (QED) is 0.376. The van der Waals surface area contributed by atoms with Gasteiger partial charge in [0.1, 0.15) is 17.2 Å². The third-order valence-corrected chi connectivity index (χ3v) is 6.25. The lowest BCUT2D eigenvalue weighted by molar-refractivity contribution is 0.0734. The van der Waals surface area contributed by atoms with Crippen LogP contribution in [0.3, 0.4) is 0 Å². The van der Waals surface area contributed by atoms with E-state index in [-0.39, 0.29) is 34.8 Å². The molecule has 8 heteroatoms. The molecule has 0 aliphatic carbocycles. The van der Waals surface area contributed by atoms with E-state index in [1.807, 2.05) is 6.07 Å². The lowest BCUT2D eigenvalue weighted by Gasteiger charge is -2.27. The maximum atomic E-state index is 13.3. The molecule has 0 radical (unpaired) electrons. The number of H-pyrrole nitrogens is 1.